The molecule has 2 amide bonds. The number of rotatable bonds is 6. The Morgan fingerprint density at radius 1 is 1.42 bits per heavy atom. The maximum Gasteiger partial charge on any atom is 0.255 e. The monoisotopic (exact) mass is 362 g/mol. The maximum atomic E-state index is 13.9. The highest BCUT2D eigenvalue weighted by atomic mass is 19.1. The van der Waals surface area contributed by atoms with Crippen molar-refractivity contribution in [2.75, 3.05) is 13.7 Å². The summed E-state index contributed by atoms with van der Waals surface area (Å²) >= 11 is 0. The summed E-state index contributed by atoms with van der Waals surface area (Å²) in [6.07, 6.45) is 0.467. The van der Waals surface area contributed by atoms with Crippen molar-refractivity contribution in [1.29, 1.82) is 0 Å². The number of nitrogens with one attached hydrogen (secondary N) is 1. The standard InChI is InChI=1S/C17H19FN4O4/c1-3-9-11(21-15(24)12(9)18)7-26-17-13-8(4-5-20-17)6-10(14(19)23)16(22-13)25-2/h4-6,9,11-12H,3,7H2,1-2H3,(H2,19,23)(H,21,24)/t9-,11+,12-/m0/s1. The van der Waals surface area contributed by atoms with E-state index < -0.39 is 29.9 Å². The molecule has 0 aromatic carbocycles. The molecule has 1 saturated heterocycles. The van der Waals surface area contributed by atoms with E-state index in [1.165, 1.54) is 13.3 Å². The number of carbonyl (C=O) groups excluding carboxylic acids is 2. The third kappa shape index (κ3) is 3.12. The molecule has 1 aliphatic rings. The van der Waals surface area contributed by atoms with Crippen LogP contribution >= 0.6 is 0 Å². The van der Waals surface area contributed by atoms with Crippen LogP contribution in [0.3, 0.4) is 0 Å². The van der Waals surface area contributed by atoms with Gasteiger partial charge in [-0.1, -0.05) is 6.92 Å². The van der Waals surface area contributed by atoms with Gasteiger partial charge >= 0.3 is 0 Å². The largest absolute Gasteiger partial charge is 0.480 e. The Kier molecular flexibility index (Phi) is 4.88. The Hall–Kier alpha value is -2.97. The van der Waals surface area contributed by atoms with Gasteiger partial charge in [-0.3, -0.25) is 9.59 Å². The molecular weight excluding hydrogens is 343 g/mol. The first-order chi connectivity index (χ1) is 12.5. The first kappa shape index (κ1) is 17.8. The fourth-order valence-electron chi connectivity index (χ4n) is 3.09. The van der Waals surface area contributed by atoms with Gasteiger partial charge in [0.25, 0.3) is 11.8 Å². The zero-order chi connectivity index (χ0) is 18.8. The van der Waals surface area contributed by atoms with Crippen molar-refractivity contribution in [2.45, 2.75) is 25.6 Å². The maximum absolute atomic E-state index is 13.9. The normalized spacial score (nSPS) is 22.3. The van der Waals surface area contributed by atoms with Crippen LogP contribution in [0.4, 0.5) is 4.39 Å². The van der Waals surface area contributed by atoms with Crippen molar-refractivity contribution in [3.8, 4) is 11.8 Å². The molecule has 3 atom stereocenters. The number of halogens is 1. The minimum absolute atomic E-state index is 0.0539. The van der Waals surface area contributed by atoms with Crippen molar-refractivity contribution in [3.63, 3.8) is 0 Å². The SMILES string of the molecule is CC[C@@H]1[C@H](F)C(=O)N[C@@H]1COc1nccc2cc(C(N)=O)c(OC)nc12. The summed E-state index contributed by atoms with van der Waals surface area (Å²) < 4.78 is 24.7. The van der Waals surface area contributed by atoms with Crippen molar-refractivity contribution < 1.29 is 23.5 Å². The third-order valence-electron chi connectivity index (χ3n) is 4.47. The first-order valence-electron chi connectivity index (χ1n) is 8.17. The fourth-order valence-corrected chi connectivity index (χ4v) is 3.09. The van der Waals surface area contributed by atoms with E-state index in [-0.39, 0.29) is 23.9 Å². The minimum Gasteiger partial charge on any atom is -0.480 e. The van der Waals surface area contributed by atoms with E-state index >= 15 is 0 Å². The lowest BCUT2D eigenvalue weighted by Gasteiger charge is -2.18. The highest BCUT2D eigenvalue weighted by Crippen LogP contribution is 2.28. The summed E-state index contributed by atoms with van der Waals surface area (Å²) in [6, 6.07) is 2.75. The molecule has 0 bridgehead atoms. The molecule has 0 unspecified atom stereocenters. The molecule has 1 fully saturated rings. The second-order valence-corrected chi connectivity index (χ2v) is 6.00. The number of nitrogens with zero attached hydrogens (tertiary/aromatic N) is 2. The molecule has 0 saturated carbocycles. The smallest absolute Gasteiger partial charge is 0.255 e. The van der Waals surface area contributed by atoms with Crippen molar-refractivity contribution in [1.82, 2.24) is 15.3 Å². The van der Waals surface area contributed by atoms with Crippen molar-refractivity contribution in [3.05, 3.63) is 23.9 Å². The lowest BCUT2D eigenvalue weighted by atomic mass is 9.97. The third-order valence-corrected chi connectivity index (χ3v) is 4.47. The summed E-state index contributed by atoms with van der Waals surface area (Å²) in [4.78, 5) is 31.5. The Morgan fingerprint density at radius 3 is 2.85 bits per heavy atom. The van der Waals surface area contributed by atoms with E-state index in [1.807, 2.05) is 6.92 Å². The van der Waals surface area contributed by atoms with Gasteiger partial charge in [-0.2, -0.15) is 0 Å². The number of alkyl halides is 1. The highest BCUT2D eigenvalue weighted by molar-refractivity contribution is 5.99. The molecule has 8 nitrogen and oxygen atoms in total. The van der Waals surface area contributed by atoms with E-state index in [2.05, 4.69) is 15.3 Å². The van der Waals surface area contributed by atoms with Crippen molar-refractivity contribution >= 4 is 22.7 Å². The van der Waals surface area contributed by atoms with Crippen LogP contribution in [0.25, 0.3) is 10.9 Å². The van der Waals surface area contributed by atoms with Gasteiger partial charge in [-0.15, -0.1) is 0 Å². The Labute approximate surface area is 148 Å². The van der Waals surface area contributed by atoms with Gasteiger partial charge < -0.3 is 20.5 Å². The predicted molar refractivity (Wildman–Crippen MR) is 90.7 cm³/mol. The molecule has 0 spiro atoms. The lowest BCUT2D eigenvalue weighted by molar-refractivity contribution is -0.123. The molecule has 2 aromatic rings. The van der Waals surface area contributed by atoms with Gasteiger partial charge in [-0.05, 0) is 18.6 Å². The number of carbonyl (C=O) groups is 2. The second-order valence-electron chi connectivity index (χ2n) is 6.00. The molecule has 3 heterocycles. The molecular formula is C17H19FN4O4. The van der Waals surface area contributed by atoms with Gasteiger partial charge in [-0.25, -0.2) is 14.4 Å². The molecule has 138 valence electrons. The van der Waals surface area contributed by atoms with E-state index in [4.69, 9.17) is 15.2 Å². The molecule has 3 rings (SSSR count). The Balaban J connectivity index is 1.89. The van der Waals surface area contributed by atoms with Crippen LogP contribution in [0.2, 0.25) is 0 Å². The van der Waals surface area contributed by atoms with Gasteiger partial charge in [0.1, 0.15) is 17.7 Å². The Bertz CT molecular complexity index is 860. The summed E-state index contributed by atoms with van der Waals surface area (Å²) in [6.45, 7) is 1.87. The van der Waals surface area contributed by atoms with Gasteiger partial charge in [0.2, 0.25) is 11.8 Å². The lowest BCUT2D eigenvalue weighted by Crippen LogP contribution is -2.34. The number of nitrogens with two attached hydrogens (primary N) is 1. The molecule has 26 heavy (non-hydrogen) atoms. The number of primary amides is 1. The van der Waals surface area contributed by atoms with E-state index in [9.17, 15) is 14.0 Å². The zero-order valence-corrected chi connectivity index (χ0v) is 14.4. The average molecular weight is 362 g/mol. The number of pyridine rings is 2. The second kappa shape index (κ2) is 7.11. The van der Waals surface area contributed by atoms with E-state index in [0.29, 0.717) is 17.3 Å². The van der Waals surface area contributed by atoms with E-state index in [1.54, 1.807) is 12.1 Å². The van der Waals surface area contributed by atoms with Crippen LogP contribution in [-0.2, 0) is 4.79 Å². The molecule has 9 heteroatoms. The number of aromatic nitrogens is 2. The highest BCUT2D eigenvalue weighted by Gasteiger charge is 2.41. The quantitative estimate of drug-likeness (QED) is 0.791. The number of fused-ring (bicyclic) bond motifs is 1. The zero-order valence-electron chi connectivity index (χ0n) is 14.4. The van der Waals surface area contributed by atoms with Crippen LogP contribution in [0.5, 0.6) is 11.8 Å². The molecule has 0 radical (unpaired) electrons. The number of amides is 2. The number of hydrogen-bond donors (Lipinski definition) is 2. The summed E-state index contributed by atoms with van der Waals surface area (Å²) in [5, 5.41) is 3.19. The van der Waals surface area contributed by atoms with Crippen LogP contribution in [0, 0.1) is 5.92 Å². The summed E-state index contributed by atoms with van der Waals surface area (Å²) in [7, 11) is 1.37. The van der Waals surface area contributed by atoms with Crippen LogP contribution < -0.4 is 20.5 Å². The fraction of sp³-hybridized carbons (Fsp3) is 0.412. The van der Waals surface area contributed by atoms with Crippen LogP contribution in [0.1, 0.15) is 23.7 Å². The summed E-state index contributed by atoms with van der Waals surface area (Å²) in [5.74, 6) is -1.48. The van der Waals surface area contributed by atoms with Crippen LogP contribution in [-0.4, -0.2) is 47.7 Å². The predicted octanol–water partition coefficient (Wildman–Crippen LogP) is 0.979. The molecule has 1 aliphatic heterocycles. The molecule has 0 aliphatic carbocycles. The van der Waals surface area contributed by atoms with E-state index in [0.717, 1.165) is 0 Å². The summed E-state index contributed by atoms with van der Waals surface area (Å²) in [5.41, 5.74) is 5.86. The Morgan fingerprint density at radius 2 is 2.19 bits per heavy atom. The number of methoxy groups -OCH3 is 1. The van der Waals surface area contributed by atoms with Crippen LogP contribution in [0.15, 0.2) is 18.3 Å². The molecule has 2 aromatic heterocycles. The van der Waals surface area contributed by atoms with Crippen molar-refractivity contribution in [2.24, 2.45) is 11.7 Å². The van der Waals surface area contributed by atoms with Gasteiger partial charge in [0, 0.05) is 17.5 Å². The first-order valence-corrected chi connectivity index (χ1v) is 8.17. The number of hydrogen-bond acceptors (Lipinski definition) is 6. The minimum atomic E-state index is -1.54. The van der Waals surface area contributed by atoms with Gasteiger partial charge in [0.15, 0.2) is 6.17 Å². The topological polar surface area (TPSA) is 116 Å². The molecule has 3 N–H and O–H groups in total. The number of ether oxygens (including phenoxy) is 2. The van der Waals surface area contributed by atoms with Gasteiger partial charge in [0.05, 0.1) is 13.2 Å². The average Bonchev–Trinajstić information content (AvgIpc) is 2.91.